The van der Waals surface area contributed by atoms with Crippen molar-refractivity contribution in [3.63, 3.8) is 0 Å². The molecule has 104 valence electrons. The Hall–Kier alpha value is -1.10. The van der Waals surface area contributed by atoms with E-state index in [4.69, 9.17) is 28.3 Å². The van der Waals surface area contributed by atoms with Crippen LogP contribution in [0.25, 0.3) is 0 Å². The lowest BCUT2D eigenvalue weighted by atomic mass is 10.1. The van der Waals surface area contributed by atoms with Crippen molar-refractivity contribution in [2.45, 2.75) is 25.2 Å². The van der Waals surface area contributed by atoms with Gasteiger partial charge in [0.25, 0.3) is 0 Å². The summed E-state index contributed by atoms with van der Waals surface area (Å²) in [5, 5.41) is 11.3. The first-order chi connectivity index (χ1) is 9.54. The zero-order valence-electron chi connectivity index (χ0n) is 10.4. The first-order valence-electron chi connectivity index (χ1n) is 6.20. The average Bonchev–Trinajstić information content (AvgIpc) is 2.91. The van der Waals surface area contributed by atoms with Gasteiger partial charge >= 0.3 is 5.97 Å². The van der Waals surface area contributed by atoms with E-state index in [0.29, 0.717) is 22.9 Å². The van der Waals surface area contributed by atoms with Crippen LogP contribution in [0.2, 0.25) is 10.0 Å². The molecule has 1 aliphatic rings. The number of carboxylic acid groups (broad SMARTS) is 1. The third-order valence-electron chi connectivity index (χ3n) is 3.42. The minimum atomic E-state index is -0.787. The van der Waals surface area contributed by atoms with Gasteiger partial charge in [0, 0.05) is 21.3 Å². The molecule has 2 aromatic rings. The highest BCUT2D eigenvalue weighted by Gasteiger charge is 2.32. The number of aromatic nitrogens is 1. The summed E-state index contributed by atoms with van der Waals surface area (Å²) in [6, 6.07) is 5.38. The lowest BCUT2D eigenvalue weighted by Crippen LogP contribution is -2.08. The molecular weight excluding hydrogens is 317 g/mol. The normalized spacial score (nSPS) is 17.2. The molecule has 1 aliphatic carbocycles. The molecule has 1 N–H and O–H groups in total. The molecule has 6 heteroatoms. The lowest BCUT2D eigenvalue weighted by Gasteiger charge is -2.03. The zero-order chi connectivity index (χ0) is 14.3. The number of rotatable bonds is 3. The number of hydrogen-bond acceptors (Lipinski definition) is 3. The van der Waals surface area contributed by atoms with E-state index >= 15 is 0 Å². The van der Waals surface area contributed by atoms with Crippen molar-refractivity contribution in [1.29, 1.82) is 0 Å². The molecular formula is C14H11Cl2NO2S. The lowest BCUT2D eigenvalue weighted by molar-refractivity contribution is -0.138. The maximum atomic E-state index is 11.2. The molecule has 0 spiro atoms. The van der Waals surface area contributed by atoms with Gasteiger partial charge in [-0.15, -0.1) is 11.3 Å². The quantitative estimate of drug-likeness (QED) is 0.921. The molecule has 20 heavy (non-hydrogen) atoms. The molecule has 1 aromatic heterocycles. The molecule has 0 aliphatic heterocycles. The van der Waals surface area contributed by atoms with Crippen LogP contribution < -0.4 is 0 Å². The highest BCUT2D eigenvalue weighted by Crippen LogP contribution is 2.37. The van der Waals surface area contributed by atoms with E-state index in [1.807, 2.05) is 6.07 Å². The van der Waals surface area contributed by atoms with E-state index in [2.05, 4.69) is 4.98 Å². The number of nitrogens with zero attached hydrogens (tertiary/aromatic N) is 1. The summed E-state index contributed by atoms with van der Waals surface area (Å²) in [6.07, 6.45) is 2.07. The second kappa shape index (κ2) is 5.35. The standard InChI is InChI=1S/C14H11Cl2NO2S/c15-8-2-1-7(10(16)6-8)5-12-17-13-9(14(18)19)3-4-11(13)20-12/h1-2,6,9H,3-5H2,(H,18,19). The Bertz CT molecular complexity index is 684. The first-order valence-corrected chi connectivity index (χ1v) is 7.77. The third kappa shape index (κ3) is 2.55. The van der Waals surface area contributed by atoms with Crippen LogP contribution in [0, 0.1) is 0 Å². The second-order valence-electron chi connectivity index (χ2n) is 4.76. The number of fused-ring (bicyclic) bond motifs is 1. The Labute approximate surface area is 130 Å². The zero-order valence-corrected chi connectivity index (χ0v) is 12.7. The maximum Gasteiger partial charge on any atom is 0.312 e. The molecule has 1 aromatic carbocycles. The highest BCUT2D eigenvalue weighted by atomic mass is 35.5. The largest absolute Gasteiger partial charge is 0.481 e. The molecule has 0 bridgehead atoms. The summed E-state index contributed by atoms with van der Waals surface area (Å²) in [6.45, 7) is 0. The number of halogens is 2. The predicted octanol–water partition coefficient (Wildman–Crippen LogP) is 4.16. The number of hydrogen-bond donors (Lipinski definition) is 1. The Morgan fingerprint density at radius 3 is 2.95 bits per heavy atom. The van der Waals surface area contributed by atoms with Crippen LogP contribution >= 0.6 is 34.5 Å². The van der Waals surface area contributed by atoms with E-state index in [-0.39, 0.29) is 0 Å². The van der Waals surface area contributed by atoms with Gasteiger partial charge in [0.2, 0.25) is 0 Å². The number of carboxylic acids is 1. The van der Waals surface area contributed by atoms with Gasteiger partial charge in [0.1, 0.15) is 5.92 Å². The molecule has 1 atom stereocenters. The Morgan fingerprint density at radius 2 is 2.25 bits per heavy atom. The van der Waals surface area contributed by atoms with E-state index in [9.17, 15) is 4.79 Å². The SMILES string of the molecule is O=C(O)C1CCc2sc(Cc3ccc(Cl)cc3Cl)nc21. The van der Waals surface area contributed by atoms with Gasteiger partial charge in [-0.25, -0.2) is 4.98 Å². The van der Waals surface area contributed by atoms with Gasteiger partial charge in [-0.3, -0.25) is 4.79 Å². The van der Waals surface area contributed by atoms with Gasteiger partial charge in [-0.1, -0.05) is 29.3 Å². The minimum Gasteiger partial charge on any atom is -0.481 e. The fraction of sp³-hybridized carbons (Fsp3) is 0.286. The number of aryl methyl sites for hydroxylation is 1. The van der Waals surface area contributed by atoms with Crippen molar-refractivity contribution < 1.29 is 9.90 Å². The Kier molecular flexibility index (Phi) is 3.71. The monoisotopic (exact) mass is 327 g/mol. The first kappa shape index (κ1) is 13.9. The summed E-state index contributed by atoms with van der Waals surface area (Å²) >= 11 is 13.6. The summed E-state index contributed by atoms with van der Waals surface area (Å²) in [4.78, 5) is 16.7. The van der Waals surface area contributed by atoms with Gasteiger partial charge in [-0.05, 0) is 30.5 Å². The summed E-state index contributed by atoms with van der Waals surface area (Å²) in [5.41, 5.74) is 1.69. The molecule has 0 fully saturated rings. The van der Waals surface area contributed by atoms with E-state index in [1.165, 1.54) is 0 Å². The predicted molar refractivity (Wildman–Crippen MR) is 80.1 cm³/mol. The fourth-order valence-corrected chi connectivity index (χ4v) is 4.07. The summed E-state index contributed by atoms with van der Waals surface area (Å²) < 4.78 is 0. The topological polar surface area (TPSA) is 50.2 Å². The molecule has 0 saturated carbocycles. The number of benzene rings is 1. The van der Waals surface area contributed by atoms with Crippen molar-refractivity contribution in [2.75, 3.05) is 0 Å². The van der Waals surface area contributed by atoms with Gasteiger partial charge in [0.05, 0.1) is 10.7 Å². The maximum absolute atomic E-state index is 11.2. The molecule has 0 radical (unpaired) electrons. The molecule has 1 unspecified atom stereocenters. The van der Waals surface area contributed by atoms with Crippen LogP contribution in [-0.2, 0) is 17.6 Å². The van der Waals surface area contributed by atoms with Crippen LogP contribution in [0.15, 0.2) is 18.2 Å². The minimum absolute atomic E-state index is 0.448. The smallest absolute Gasteiger partial charge is 0.312 e. The van der Waals surface area contributed by atoms with Crippen LogP contribution in [0.4, 0.5) is 0 Å². The fourth-order valence-electron chi connectivity index (χ4n) is 2.42. The number of thiazole rings is 1. The summed E-state index contributed by atoms with van der Waals surface area (Å²) in [5.74, 6) is -1.24. The van der Waals surface area contributed by atoms with Crippen molar-refractivity contribution >= 4 is 40.5 Å². The molecule has 0 saturated heterocycles. The molecule has 0 amide bonds. The van der Waals surface area contributed by atoms with Crippen LogP contribution in [0.5, 0.6) is 0 Å². The highest BCUT2D eigenvalue weighted by molar-refractivity contribution is 7.11. The number of aliphatic carboxylic acids is 1. The van der Waals surface area contributed by atoms with Crippen molar-refractivity contribution in [1.82, 2.24) is 4.98 Å². The van der Waals surface area contributed by atoms with E-state index < -0.39 is 11.9 Å². The second-order valence-corrected chi connectivity index (χ2v) is 6.77. The van der Waals surface area contributed by atoms with Crippen molar-refractivity contribution in [2.24, 2.45) is 0 Å². The van der Waals surface area contributed by atoms with Crippen LogP contribution in [0.1, 0.15) is 33.5 Å². The third-order valence-corrected chi connectivity index (χ3v) is 5.13. The van der Waals surface area contributed by atoms with Gasteiger partial charge in [0.15, 0.2) is 0 Å². The summed E-state index contributed by atoms with van der Waals surface area (Å²) in [7, 11) is 0. The van der Waals surface area contributed by atoms with Gasteiger partial charge in [-0.2, -0.15) is 0 Å². The van der Waals surface area contributed by atoms with Gasteiger partial charge < -0.3 is 5.11 Å². The van der Waals surface area contributed by atoms with Crippen molar-refractivity contribution in [3.8, 4) is 0 Å². The number of carbonyl (C=O) groups is 1. The van der Waals surface area contributed by atoms with Crippen LogP contribution in [0.3, 0.4) is 0 Å². The van der Waals surface area contributed by atoms with Crippen LogP contribution in [-0.4, -0.2) is 16.1 Å². The Morgan fingerprint density at radius 1 is 1.45 bits per heavy atom. The van der Waals surface area contributed by atoms with E-state index in [1.54, 1.807) is 23.5 Å². The Balaban J connectivity index is 1.86. The molecule has 3 nitrogen and oxygen atoms in total. The van der Waals surface area contributed by atoms with Crippen molar-refractivity contribution in [3.05, 3.63) is 49.4 Å². The van der Waals surface area contributed by atoms with E-state index in [0.717, 1.165) is 27.6 Å². The average molecular weight is 328 g/mol. The molecule has 3 rings (SSSR count). The molecule has 1 heterocycles.